The fourth-order valence-corrected chi connectivity index (χ4v) is 3.98. The Balaban J connectivity index is 1.55. The molecule has 0 amide bonds. The van der Waals surface area contributed by atoms with Crippen molar-refractivity contribution in [2.24, 2.45) is 0 Å². The van der Waals surface area contributed by atoms with Crippen molar-refractivity contribution in [2.45, 2.75) is 71.6 Å². The molecule has 0 fully saturated rings. The highest BCUT2D eigenvalue weighted by Gasteiger charge is 2.13. The molecule has 3 nitrogen and oxygen atoms in total. The lowest BCUT2D eigenvalue weighted by Gasteiger charge is -2.10. The van der Waals surface area contributed by atoms with Gasteiger partial charge in [0.25, 0.3) is 0 Å². The number of esters is 1. The predicted molar refractivity (Wildman–Crippen MR) is 141 cm³/mol. The maximum atomic E-state index is 14.6. The van der Waals surface area contributed by atoms with E-state index in [1.54, 1.807) is 42.5 Å². The Bertz CT molecular complexity index is 1110. The monoisotopic (exact) mass is 494 g/mol. The van der Waals surface area contributed by atoms with Gasteiger partial charge in [0.05, 0.1) is 12.2 Å². The van der Waals surface area contributed by atoms with Crippen LogP contribution >= 0.6 is 0 Å². The van der Waals surface area contributed by atoms with Crippen LogP contribution in [0.1, 0.15) is 81.1 Å². The summed E-state index contributed by atoms with van der Waals surface area (Å²) in [6.07, 6.45) is 9.68. The number of carbonyl (C=O) groups excluding carboxylic acids is 1. The van der Waals surface area contributed by atoms with Crippen LogP contribution in [0.15, 0.2) is 60.7 Å². The summed E-state index contributed by atoms with van der Waals surface area (Å²) in [5, 5.41) is 0. The molecule has 0 saturated heterocycles. The van der Waals surface area contributed by atoms with Crippen LogP contribution in [0.4, 0.5) is 8.78 Å². The minimum Gasteiger partial charge on any atom is -0.491 e. The largest absolute Gasteiger partial charge is 0.491 e. The lowest BCUT2D eigenvalue weighted by molar-refractivity contribution is 0.0728. The molecule has 192 valence electrons. The molecule has 3 rings (SSSR count). The Morgan fingerprint density at radius 3 is 2.03 bits per heavy atom. The van der Waals surface area contributed by atoms with E-state index in [0.29, 0.717) is 12.2 Å². The third-order valence-corrected chi connectivity index (χ3v) is 6.16. The Kier molecular flexibility index (Phi) is 10.9. The molecule has 0 spiro atoms. The summed E-state index contributed by atoms with van der Waals surface area (Å²) in [5.41, 5.74) is 2.59. The summed E-state index contributed by atoms with van der Waals surface area (Å²) in [4.78, 5) is 12.5. The number of benzene rings is 3. The van der Waals surface area contributed by atoms with Gasteiger partial charge < -0.3 is 9.47 Å². The fourth-order valence-electron chi connectivity index (χ4n) is 3.98. The summed E-state index contributed by atoms with van der Waals surface area (Å²) in [6, 6.07) is 16.2. The average molecular weight is 495 g/mol. The molecule has 0 aliphatic carbocycles. The Morgan fingerprint density at radius 1 is 0.694 bits per heavy atom. The molecule has 0 bridgehead atoms. The number of ether oxygens (including phenoxy) is 2. The summed E-state index contributed by atoms with van der Waals surface area (Å²) in [7, 11) is 0. The quantitative estimate of drug-likeness (QED) is 0.127. The normalized spacial score (nSPS) is 10.9. The Labute approximate surface area is 213 Å². The highest BCUT2D eigenvalue weighted by atomic mass is 19.1. The number of carbonyl (C=O) groups is 1. The lowest BCUT2D eigenvalue weighted by atomic mass is 10.0. The molecule has 0 radical (unpaired) electrons. The van der Waals surface area contributed by atoms with E-state index in [1.807, 2.05) is 0 Å². The zero-order valence-electron chi connectivity index (χ0n) is 21.3. The van der Waals surface area contributed by atoms with Crippen molar-refractivity contribution in [3.05, 3.63) is 83.4 Å². The maximum absolute atomic E-state index is 14.6. The van der Waals surface area contributed by atoms with E-state index in [1.165, 1.54) is 43.9 Å². The zero-order valence-corrected chi connectivity index (χ0v) is 21.3. The zero-order chi connectivity index (χ0) is 25.8. The first-order valence-electron chi connectivity index (χ1n) is 13.0. The van der Waals surface area contributed by atoms with Gasteiger partial charge in [0.1, 0.15) is 0 Å². The first-order valence-corrected chi connectivity index (χ1v) is 13.0. The summed E-state index contributed by atoms with van der Waals surface area (Å²) >= 11 is 0. The SMILES string of the molecule is CCCCCCCCOc1ccc(-c2ccc(C(=O)Oc3ccc(CCCC)cc3F)cc2)cc1F. The van der Waals surface area contributed by atoms with Crippen LogP contribution < -0.4 is 9.47 Å². The highest BCUT2D eigenvalue weighted by Crippen LogP contribution is 2.27. The van der Waals surface area contributed by atoms with E-state index in [4.69, 9.17) is 9.47 Å². The molecular weight excluding hydrogens is 458 g/mol. The van der Waals surface area contributed by atoms with Crippen molar-refractivity contribution < 1.29 is 23.0 Å². The van der Waals surface area contributed by atoms with Crippen LogP contribution in [0, 0.1) is 11.6 Å². The molecule has 0 saturated carbocycles. The van der Waals surface area contributed by atoms with Crippen molar-refractivity contribution in [3.63, 3.8) is 0 Å². The molecular formula is C31H36F2O3. The minimum absolute atomic E-state index is 0.0945. The average Bonchev–Trinajstić information content (AvgIpc) is 2.89. The minimum atomic E-state index is -0.647. The van der Waals surface area contributed by atoms with Gasteiger partial charge in [-0.1, -0.05) is 76.6 Å². The molecule has 3 aromatic carbocycles. The molecule has 0 unspecified atom stereocenters. The van der Waals surface area contributed by atoms with Gasteiger partial charge in [0.2, 0.25) is 0 Å². The van der Waals surface area contributed by atoms with Crippen LogP contribution in [0.3, 0.4) is 0 Å². The van der Waals surface area contributed by atoms with Crippen molar-refractivity contribution in [1.29, 1.82) is 0 Å². The van der Waals surface area contributed by atoms with E-state index >= 15 is 0 Å². The Morgan fingerprint density at radius 2 is 1.33 bits per heavy atom. The second kappa shape index (κ2) is 14.4. The molecule has 36 heavy (non-hydrogen) atoms. The van der Waals surface area contributed by atoms with Gasteiger partial charge in [0, 0.05) is 0 Å². The van der Waals surface area contributed by atoms with Crippen molar-refractivity contribution in [2.75, 3.05) is 6.61 Å². The van der Waals surface area contributed by atoms with Gasteiger partial charge in [-0.3, -0.25) is 0 Å². The van der Waals surface area contributed by atoms with E-state index < -0.39 is 17.6 Å². The molecule has 0 heterocycles. The first-order chi connectivity index (χ1) is 17.5. The molecule has 0 aliphatic rings. The molecule has 0 aromatic heterocycles. The fraction of sp³-hybridized carbons (Fsp3) is 0.387. The van der Waals surface area contributed by atoms with Gasteiger partial charge in [-0.05, 0) is 72.4 Å². The van der Waals surface area contributed by atoms with Gasteiger partial charge in [-0.2, -0.15) is 0 Å². The summed E-state index contributed by atoms with van der Waals surface area (Å²) < 4.78 is 39.8. The topological polar surface area (TPSA) is 35.5 Å². The molecule has 0 N–H and O–H groups in total. The molecule has 0 atom stereocenters. The van der Waals surface area contributed by atoms with Crippen molar-refractivity contribution in [3.8, 4) is 22.6 Å². The van der Waals surface area contributed by atoms with E-state index in [-0.39, 0.29) is 17.1 Å². The second-order valence-electron chi connectivity index (χ2n) is 9.10. The van der Waals surface area contributed by atoms with Crippen molar-refractivity contribution in [1.82, 2.24) is 0 Å². The van der Waals surface area contributed by atoms with E-state index in [2.05, 4.69) is 13.8 Å². The summed E-state index contributed by atoms with van der Waals surface area (Å²) in [6.45, 7) is 4.77. The van der Waals surface area contributed by atoms with Crippen LogP contribution in [0.5, 0.6) is 11.5 Å². The lowest BCUT2D eigenvalue weighted by Crippen LogP contribution is -2.09. The van der Waals surface area contributed by atoms with Crippen LogP contribution in [-0.4, -0.2) is 12.6 Å². The second-order valence-corrected chi connectivity index (χ2v) is 9.10. The van der Waals surface area contributed by atoms with E-state index in [0.717, 1.165) is 43.2 Å². The van der Waals surface area contributed by atoms with E-state index in [9.17, 15) is 13.6 Å². The van der Waals surface area contributed by atoms with Gasteiger partial charge in [0.15, 0.2) is 23.1 Å². The molecule has 0 aliphatic heterocycles. The standard InChI is InChI=1S/C31H36F2O3/c1-3-5-7-8-9-10-20-35-29-19-17-26(22-28(29)33)24-13-15-25(16-14-24)31(34)36-30-18-12-23(11-6-4-2)21-27(30)32/h12-19,21-22H,3-11,20H2,1-2H3. The van der Waals surface area contributed by atoms with Gasteiger partial charge in [-0.25, -0.2) is 13.6 Å². The van der Waals surface area contributed by atoms with Crippen molar-refractivity contribution >= 4 is 5.97 Å². The number of aryl methyl sites for hydroxylation is 1. The molecule has 3 aromatic rings. The maximum Gasteiger partial charge on any atom is 0.343 e. The first kappa shape index (κ1) is 27.4. The number of hydrogen-bond donors (Lipinski definition) is 0. The number of halogens is 2. The number of rotatable bonds is 14. The Hall–Kier alpha value is -3.21. The van der Waals surface area contributed by atoms with Gasteiger partial charge >= 0.3 is 5.97 Å². The highest BCUT2D eigenvalue weighted by molar-refractivity contribution is 5.91. The number of unbranched alkanes of at least 4 members (excludes halogenated alkanes) is 6. The van der Waals surface area contributed by atoms with Crippen LogP contribution in [0.2, 0.25) is 0 Å². The molecule has 5 heteroatoms. The van der Waals surface area contributed by atoms with Gasteiger partial charge in [-0.15, -0.1) is 0 Å². The smallest absolute Gasteiger partial charge is 0.343 e. The third-order valence-electron chi connectivity index (χ3n) is 6.16. The number of hydrogen-bond acceptors (Lipinski definition) is 3. The van der Waals surface area contributed by atoms with Crippen LogP contribution in [-0.2, 0) is 6.42 Å². The summed E-state index contributed by atoms with van der Waals surface area (Å²) in [5.74, 6) is -1.47. The van der Waals surface area contributed by atoms with Crippen LogP contribution in [0.25, 0.3) is 11.1 Å². The predicted octanol–water partition coefficient (Wildman–Crippen LogP) is 8.93. The third kappa shape index (κ3) is 8.18.